The predicted molar refractivity (Wildman–Crippen MR) is 495 cm³/mol. The first-order chi connectivity index (χ1) is 58.0. The fraction of sp³-hybridized carbons (Fsp3) is 0. The number of hydrogen-bond acceptors (Lipinski definition) is 0. The highest BCUT2D eigenvalue weighted by Gasteiger charge is 2.19. The van der Waals surface area contributed by atoms with E-state index in [9.17, 15) is 0 Å². The zero-order valence-electron chi connectivity index (χ0n) is 64.6. The van der Waals surface area contributed by atoms with Crippen LogP contribution in [0.2, 0.25) is 0 Å². The van der Waals surface area contributed by atoms with Gasteiger partial charge in [-0.1, -0.05) is 400 Å². The summed E-state index contributed by atoms with van der Waals surface area (Å²) in [7, 11) is 0. The van der Waals surface area contributed by atoms with Gasteiger partial charge in [-0.25, -0.2) is 0 Å². The van der Waals surface area contributed by atoms with Crippen LogP contribution in [0.25, 0.3) is 183 Å². The fourth-order valence-corrected chi connectivity index (χ4v) is 16.2. The first-order valence-electron chi connectivity index (χ1n) is 40.1. The minimum Gasteiger partial charge on any atom is -0.316 e. The standard InChI is InChI=1S/C44H31N.C38H27N.C32H23N/c1-4-10-32(11-5-1)35-16-18-38(19-17-35)40-26-29-44-42(30-40)43(39-22-20-36(21-23-39)33-12-6-2-7-13-33)31-45(44)41-27-24-37(25-28-41)34-14-8-3-9-15-34;1-4-10-28(11-5-1)30-16-18-32(19-17-30)34-24-25-38-36(26-34)37(27-39(38)35-14-8-3-9-15-35)33-22-20-31(21-23-33)29-12-6-2-7-13-29;1-4-10-24(11-5-1)26-16-19-29(20-17-26)33-23-31(27-14-8-3-9-15-27)30-22-28(18-21-32(30)33)25-12-6-2-7-13-25/h1-31H;1-27H;1-23H. The molecule has 0 radical (unpaired) electrons. The first-order valence-corrected chi connectivity index (χ1v) is 40.1. The Balaban J connectivity index is 0.000000118. The van der Waals surface area contributed by atoms with Gasteiger partial charge in [-0.2, -0.15) is 0 Å². The summed E-state index contributed by atoms with van der Waals surface area (Å²) in [4.78, 5) is 0. The smallest absolute Gasteiger partial charge is 0.0535 e. The van der Waals surface area contributed by atoms with E-state index in [2.05, 4.69) is 505 Å². The van der Waals surface area contributed by atoms with Gasteiger partial charge in [0.15, 0.2) is 0 Å². The van der Waals surface area contributed by atoms with Gasteiger partial charge in [0.2, 0.25) is 0 Å². The quantitative estimate of drug-likeness (QED) is 0.0972. The van der Waals surface area contributed by atoms with Crippen LogP contribution in [0.1, 0.15) is 0 Å². The predicted octanol–water partition coefficient (Wildman–Crippen LogP) is 30.9. The van der Waals surface area contributed by atoms with Gasteiger partial charge in [0.25, 0.3) is 0 Å². The van der Waals surface area contributed by atoms with Gasteiger partial charge in [0.1, 0.15) is 0 Å². The Kier molecular flexibility index (Phi) is 20.3. The molecule has 0 aliphatic carbocycles. The SMILES string of the molecule is c1ccc(-c2ccc(-c3ccc4c(c3)c(-c3ccc(-c5ccccc5)cc3)cn4-c3ccc(-c4ccccc4)cc3)cc2)cc1.c1ccc(-c2ccc(-c3ccc4c(c3)c(-c3ccc(-c5ccccc5)cc3)cn4-c3ccccc3)cc2)cc1.c1ccc(-c2ccc(-n3cc(-c4ccccc4)c4cc(-c5ccccc5)ccc43)cc2)cc1. The van der Waals surface area contributed by atoms with Crippen molar-refractivity contribution < 1.29 is 0 Å². The monoisotopic (exact) mass is 1490 g/mol. The van der Waals surface area contributed by atoms with Crippen molar-refractivity contribution in [1.29, 1.82) is 0 Å². The summed E-state index contributed by atoms with van der Waals surface area (Å²) in [5, 5.41) is 3.74. The molecule has 0 aliphatic rings. The molecule has 0 unspecified atom stereocenters. The maximum absolute atomic E-state index is 2.35. The van der Waals surface area contributed by atoms with Gasteiger partial charge in [-0.3, -0.25) is 0 Å². The molecule has 0 saturated carbocycles. The van der Waals surface area contributed by atoms with E-state index in [-0.39, 0.29) is 0 Å². The molecule has 0 bridgehead atoms. The number of benzene rings is 18. The van der Waals surface area contributed by atoms with Crippen LogP contribution in [0.15, 0.2) is 492 Å². The number of fused-ring (bicyclic) bond motifs is 3. The topological polar surface area (TPSA) is 14.8 Å². The van der Waals surface area contributed by atoms with E-state index in [1.807, 2.05) is 0 Å². The molecule has 3 heteroatoms. The summed E-state index contributed by atoms with van der Waals surface area (Å²) < 4.78 is 6.94. The third-order valence-electron chi connectivity index (χ3n) is 22.4. The molecule has 3 nitrogen and oxygen atoms in total. The van der Waals surface area contributed by atoms with Crippen molar-refractivity contribution in [2.45, 2.75) is 0 Å². The lowest BCUT2D eigenvalue weighted by Crippen LogP contribution is -1.92. The van der Waals surface area contributed by atoms with Crippen LogP contribution in [0, 0.1) is 0 Å². The van der Waals surface area contributed by atoms with Crippen LogP contribution in [0.3, 0.4) is 0 Å². The highest BCUT2D eigenvalue weighted by molar-refractivity contribution is 6.03. The summed E-state index contributed by atoms with van der Waals surface area (Å²) in [6, 6.07) is 169. The van der Waals surface area contributed by atoms with Crippen molar-refractivity contribution in [3.63, 3.8) is 0 Å². The minimum atomic E-state index is 1.15. The number of rotatable bonds is 15. The maximum atomic E-state index is 2.35. The average molecular weight is 1490 g/mol. The highest BCUT2D eigenvalue weighted by atomic mass is 15.0. The Labute approximate surface area is 684 Å². The molecule has 21 aromatic rings. The molecule has 3 aromatic heterocycles. The maximum Gasteiger partial charge on any atom is 0.0535 e. The Morgan fingerprint density at radius 3 is 0.487 bits per heavy atom. The average Bonchev–Trinajstić information content (AvgIpc) is 1.63. The van der Waals surface area contributed by atoms with E-state index in [4.69, 9.17) is 0 Å². The first kappa shape index (κ1) is 71.9. The summed E-state index contributed by atoms with van der Waals surface area (Å²) in [5.74, 6) is 0. The minimum absolute atomic E-state index is 1.15. The molecule has 0 fully saturated rings. The van der Waals surface area contributed by atoms with E-state index in [1.54, 1.807) is 0 Å². The zero-order valence-corrected chi connectivity index (χ0v) is 64.6. The molecule has 0 N–H and O–H groups in total. The molecule has 21 rings (SSSR count). The number of para-hydroxylation sites is 1. The summed E-state index contributed by atoms with van der Waals surface area (Å²) in [5.41, 5.74) is 36.5. The van der Waals surface area contributed by atoms with Gasteiger partial charge in [0, 0.05) is 68.5 Å². The summed E-state index contributed by atoms with van der Waals surface area (Å²) in [6.45, 7) is 0. The fourth-order valence-electron chi connectivity index (χ4n) is 16.2. The highest BCUT2D eigenvalue weighted by Crippen LogP contribution is 2.42. The van der Waals surface area contributed by atoms with Gasteiger partial charge in [-0.05, 0) is 190 Å². The largest absolute Gasteiger partial charge is 0.316 e. The van der Waals surface area contributed by atoms with Gasteiger partial charge < -0.3 is 13.7 Å². The third-order valence-corrected chi connectivity index (χ3v) is 22.4. The van der Waals surface area contributed by atoms with Crippen LogP contribution in [0.4, 0.5) is 0 Å². The number of nitrogens with zero attached hydrogens (tertiary/aromatic N) is 3. The lowest BCUT2D eigenvalue weighted by molar-refractivity contribution is 1.13. The van der Waals surface area contributed by atoms with E-state index in [0.717, 1.165) is 17.1 Å². The Morgan fingerprint density at radius 2 is 0.256 bits per heavy atom. The molecule has 0 atom stereocenters. The van der Waals surface area contributed by atoms with Crippen LogP contribution < -0.4 is 0 Å². The van der Waals surface area contributed by atoms with Crippen LogP contribution in [0.5, 0.6) is 0 Å². The lowest BCUT2D eigenvalue weighted by atomic mass is 9.97. The molecule has 18 aromatic carbocycles. The normalized spacial score (nSPS) is 11.1. The summed E-state index contributed by atoms with van der Waals surface area (Å²) >= 11 is 0. The lowest BCUT2D eigenvalue weighted by Gasteiger charge is -2.09. The second-order valence-electron chi connectivity index (χ2n) is 29.6. The van der Waals surface area contributed by atoms with Crippen LogP contribution >= 0.6 is 0 Å². The van der Waals surface area contributed by atoms with Crippen molar-refractivity contribution in [3.8, 4) is 151 Å². The Morgan fingerprint density at radius 1 is 0.111 bits per heavy atom. The molecule has 117 heavy (non-hydrogen) atoms. The van der Waals surface area contributed by atoms with Crippen molar-refractivity contribution in [1.82, 2.24) is 13.7 Å². The molecule has 0 amide bonds. The van der Waals surface area contributed by atoms with Gasteiger partial charge in [-0.15, -0.1) is 0 Å². The molecular formula is C114H81N3. The van der Waals surface area contributed by atoms with Gasteiger partial charge in [0.05, 0.1) is 16.6 Å². The number of hydrogen-bond donors (Lipinski definition) is 0. The summed E-state index contributed by atoms with van der Waals surface area (Å²) in [6.07, 6.45) is 6.84. The van der Waals surface area contributed by atoms with Crippen molar-refractivity contribution in [2.24, 2.45) is 0 Å². The van der Waals surface area contributed by atoms with Crippen molar-refractivity contribution >= 4 is 32.7 Å². The molecule has 0 spiro atoms. The number of aromatic nitrogens is 3. The van der Waals surface area contributed by atoms with Crippen LogP contribution in [-0.2, 0) is 0 Å². The van der Waals surface area contributed by atoms with E-state index in [0.29, 0.717) is 0 Å². The zero-order chi connectivity index (χ0) is 78.1. The third kappa shape index (κ3) is 15.4. The second-order valence-corrected chi connectivity index (χ2v) is 29.6. The van der Waals surface area contributed by atoms with Crippen molar-refractivity contribution in [3.05, 3.63) is 492 Å². The molecular weight excluding hydrogens is 1410 g/mol. The van der Waals surface area contributed by atoms with Gasteiger partial charge >= 0.3 is 0 Å². The Hall–Kier alpha value is -15.4. The second kappa shape index (κ2) is 33.1. The molecule has 552 valence electrons. The molecule has 3 heterocycles. The Bertz CT molecular complexity index is 6890. The van der Waals surface area contributed by atoms with E-state index < -0.39 is 0 Å². The van der Waals surface area contributed by atoms with Crippen LogP contribution in [-0.4, -0.2) is 13.7 Å². The molecule has 0 saturated heterocycles. The van der Waals surface area contributed by atoms with E-state index in [1.165, 1.54) is 166 Å². The van der Waals surface area contributed by atoms with E-state index >= 15 is 0 Å². The molecule has 0 aliphatic heterocycles. The van der Waals surface area contributed by atoms with Crippen molar-refractivity contribution in [2.75, 3.05) is 0 Å².